The number of para-hydroxylation sites is 1. The van der Waals surface area contributed by atoms with Crippen LogP contribution in [0.1, 0.15) is 25.7 Å². The van der Waals surface area contributed by atoms with Crippen molar-refractivity contribution >= 4 is 15.7 Å². The minimum absolute atomic E-state index is 0.185. The van der Waals surface area contributed by atoms with E-state index in [-0.39, 0.29) is 10.9 Å². The van der Waals surface area contributed by atoms with Crippen LogP contribution in [-0.4, -0.2) is 30.1 Å². The number of sulfonamides is 1. The standard InChI is InChI=1S/C12H17N5O2S/c1-3-15-20(18,19)11-7-5-4-6-10(11)16-9(2)12-13-8-14-17-12/h4-9,15-16H,3H2,1-2H3,(H,13,14,17). The average Bonchev–Trinajstić information content (AvgIpc) is 2.93. The van der Waals surface area contributed by atoms with E-state index in [9.17, 15) is 8.42 Å². The SMILES string of the molecule is CCNS(=O)(=O)c1ccccc1NC(C)c1ncn[nH]1. The Morgan fingerprint density at radius 3 is 2.75 bits per heavy atom. The zero-order valence-corrected chi connectivity index (χ0v) is 12.1. The van der Waals surface area contributed by atoms with Crippen molar-refractivity contribution in [3.8, 4) is 0 Å². The molecule has 2 rings (SSSR count). The van der Waals surface area contributed by atoms with Gasteiger partial charge in [-0.2, -0.15) is 5.10 Å². The zero-order valence-electron chi connectivity index (χ0n) is 11.3. The van der Waals surface area contributed by atoms with Gasteiger partial charge in [0.25, 0.3) is 0 Å². The summed E-state index contributed by atoms with van der Waals surface area (Å²) in [5.41, 5.74) is 0.525. The highest BCUT2D eigenvalue weighted by Crippen LogP contribution is 2.24. The van der Waals surface area contributed by atoms with E-state index >= 15 is 0 Å². The molecule has 7 nitrogen and oxygen atoms in total. The van der Waals surface area contributed by atoms with Gasteiger partial charge in [-0.05, 0) is 19.1 Å². The van der Waals surface area contributed by atoms with E-state index in [0.29, 0.717) is 18.1 Å². The molecule has 20 heavy (non-hydrogen) atoms. The van der Waals surface area contributed by atoms with Gasteiger partial charge < -0.3 is 5.32 Å². The first-order chi connectivity index (χ1) is 9.54. The fourth-order valence-electron chi connectivity index (χ4n) is 1.81. The molecule has 8 heteroatoms. The summed E-state index contributed by atoms with van der Waals surface area (Å²) in [6.45, 7) is 3.95. The molecule has 0 saturated heterocycles. The summed E-state index contributed by atoms with van der Waals surface area (Å²) < 4.78 is 26.8. The number of H-pyrrole nitrogens is 1. The van der Waals surface area contributed by atoms with Gasteiger partial charge >= 0.3 is 0 Å². The second-order valence-corrected chi connectivity index (χ2v) is 5.97. The normalized spacial score (nSPS) is 13.1. The van der Waals surface area contributed by atoms with Crippen molar-refractivity contribution in [3.05, 3.63) is 36.4 Å². The molecular formula is C12H17N5O2S. The Balaban J connectivity index is 2.29. The maximum atomic E-state index is 12.1. The van der Waals surface area contributed by atoms with Gasteiger partial charge in [0.15, 0.2) is 0 Å². The number of aromatic amines is 1. The quantitative estimate of drug-likeness (QED) is 0.745. The lowest BCUT2D eigenvalue weighted by molar-refractivity contribution is 0.584. The van der Waals surface area contributed by atoms with Gasteiger partial charge in [-0.3, -0.25) is 5.10 Å². The number of rotatable bonds is 6. The van der Waals surface area contributed by atoms with Gasteiger partial charge in [-0.15, -0.1) is 0 Å². The third kappa shape index (κ3) is 3.14. The number of nitrogens with one attached hydrogen (secondary N) is 3. The smallest absolute Gasteiger partial charge is 0.242 e. The van der Waals surface area contributed by atoms with E-state index in [1.54, 1.807) is 31.2 Å². The van der Waals surface area contributed by atoms with E-state index in [1.807, 2.05) is 6.92 Å². The molecule has 0 amide bonds. The second-order valence-electron chi connectivity index (χ2n) is 4.23. The largest absolute Gasteiger partial charge is 0.374 e. The summed E-state index contributed by atoms with van der Waals surface area (Å²) in [7, 11) is -3.51. The molecule has 0 fully saturated rings. The Labute approximate surface area is 117 Å². The van der Waals surface area contributed by atoms with Crippen LogP contribution < -0.4 is 10.0 Å². The lowest BCUT2D eigenvalue weighted by Gasteiger charge is -2.16. The summed E-state index contributed by atoms with van der Waals surface area (Å²) in [5.74, 6) is 0.639. The van der Waals surface area contributed by atoms with Crippen molar-refractivity contribution in [2.24, 2.45) is 0 Å². The molecule has 3 N–H and O–H groups in total. The summed E-state index contributed by atoms with van der Waals surface area (Å²) in [5, 5.41) is 9.66. The number of anilines is 1. The first-order valence-electron chi connectivity index (χ1n) is 6.25. The van der Waals surface area contributed by atoms with Crippen LogP contribution in [0, 0.1) is 0 Å². The fourth-order valence-corrected chi connectivity index (χ4v) is 3.02. The topological polar surface area (TPSA) is 99.8 Å². The van der Waals surface area contributed by atoms with E-state index in [2.05, 4.69) is 25.2 Å². The van der Waals surface area contributed by atoms with Gasteiger partial charge in [0.05, 0.1) is 11.7 Å². The van der Waals surface area contributed by atoms with Crippen molar-refractivity contribution in [2.45, 2.75) is 24.8 Å². The number of hydrogen-bond acceptors (Lipinski definition) is 5. The minimum atomic E-state index is -3.51. The molecule has 2 aromatic rings. The molecule has 1 atom stereocenters. The number of hydrogen-bond donors (Lipinski definition) is 3. The van der Waals surface area contributed by atoms with Crippen LogP contribution in [0.4, 0.5) is 5.69 Å². The number of benzene rings is 1. The van der Waals surface area contributed by atoms with Crippen LogP contribution in [0.3, 0.4) is 0 Å². The summed E-state index contributed by atoms with van der Waals surface area (Å²) in [4.78, 5) is 4.26. The minimum Gasteiger partial charge on any atom is -0.374 e. The Bertz CT molecular complexity index is 654. The van der Waals surface area contributed by atoms with E-state index in [1.165, 1.54) is 6.33 Å². The molecule has 0 spiro atoms. The predicted octanol–water partition coefficient (Wildman–Crippen LogP) is 1.28. The second kappa shape index (κ2) is 6.02. The van der Waals surface area contributed by atoms with Crippen LogP contribution in [-0.2, 0) is 10.0 Å². The first-order valence-corrected chi connectivity index (χ1v) is 7.73. The highest BCUT2D eigenvalue weighted by atomic mass is 32.2. The Kier molecular flexibility index (Phi) is 4.35. The third-order valence-corrected chi connectivity index (χ3v) is 4.33. The van der Waals surface area contributed by atoms with E-state index in [4.69, 9.17) is 0 Å². The Morgan fingerprint density at radius 1 is 1.35 bits per heavy atom. The lowest BCUT2D eigenvalue weighted by Crippen LogP contribution is -2.24. The van der Waals surface area contributed by atoms with Crippen molar-refractivity contribution in [3.63, 3.8) is 0 Å². The van der Waals surface area contributed by atoms with Crippen molar-refractivity contribution in [2.75, 3.05) is 11.9 Å². The monoisotopic (exact) mass is 295 g/mol. The molecule has 108 valence electrons. The number of aromatic nitrogens is 3. The van der Waals surface area contributed by atoms with Crippen molar-refractivity contribution in [1.29, 1.82) is 0 Å². The Hall–Kier alpha value is -1.93. The predicted molar refractivity (Wildman–Crippen MR) is 75.7 cm³/mol. The molecule has 1 aromatic heterocycles. The highest BCUT2D eigenvalue weighted by Gasteiger charge is 2.19. The van der Waals surface area contributed by atoms with Crippen LogP contribution in [0.2, 0.25) is 0 Å². The molecule has 0 aliphatic rings. The fraction of sp³-hybridized carbons (Fsp3) is 0.333. The molecular weight excluding hydrogens is 278 g/mol. The molecule has 1 aromatic carbocycles. The van der Waals surface area contributed by atoms with Crippen molar-refractivity contribution < 1.29 is 8.42 Å². The van der Waals surface area contributed by atoms with Gasteiger partial charge in [0.2, 0.25) is 10.0 Å². The summed E-state index contributed by atoms with van der Waals surface area (Å²) in [6, 6.07) is 6.56. The highest BCUT2D eigenvalue weighted by molar-refractivity contribution is 7.89. The molecule has 0 bridgehead atoms. The third-order valence-electron chi connectivity index (χ3n) is 2.73. The van der Waals surface area contributed by atoms with Crippen LogP contribution in [0.5, 0.6) is 0 Å². The van der Waals surface area contributed by atoms with Crippen LogP contribution in [0.25, 0.3) is 0 Å². The summed E-state index contributed by atoms with van der Waals surface area (Å²) >= 11 is 0. The molecule has 0 radical (unpaired) electrons. The van der Waals surface area contributed by atoms with Gasteiger partial charge in [-0.25, -0.2) is 18.1 Å². The molecule has 1 unspecified atom stereocenters. The molecule has 0 aliphatic heterocycles. The maximum absolute atomic E-state index is 12.1. The van der Waals surface area contributed by atoms with Crippen LogP contribution in [0.15, 0.2) is 35.5 Å². The van der Waals surface area contributed by atoms with E-state index < -0.39 is 10.0 Å². The van der Waals surface area contributed by atoms with Crippen LogP contribution >= 0.6 is 0 Å². The van der Waals surface area contributed by atoms with Gasteiger partial charge in [0.1, 0.15) is 17.0 Å². The van der Waals surface area contributed by atoms with Gasteiger partial charge in [0, 0.05) is 6.54 Å². The summed E-state index contributed by atoms with van der Waals surface area (Å²) in [6.07, 6.45) is 1.41. The Morgan fingerprint density at radius 2 is 2.10 bits per heavy atom. The molecule has 0 aliphatic carbocycles. The van der Waals surface area contributed by atoms with Gasteiger partial charge in [-0.1, -0.05) is 19.1 Å². The van der Waals surface area contributed by atoms with Crippen molar-refractivity contribution in [1.82, 2.24) is 19.9 Å². The van der Waals surface area contributed by atoms with E-state index in [0.717, 1.165) is 0 Å². The first kappa shape index (κ1) is 14.5. The molecule has 0 saturated carbocycles. The lowest BCUT2D eigenvalue weighted by atomic mass is 10.2. The molecule has 1 heterocycles. The zero-order chi connectivity index (χ0) is 14.6. The number of nitrogens with zero attached hydrogens (tertiary/aromatic N) is 2. The maximum Gasteiger partial charge on any atom is 0.242 e. The average molecular weight is 295 g/mol.